The fourth-order valence-electron chi connectivity index (χ4n) is 15.3. The Bertz CT molecular complexity index is 6920. The van der Waals surface area contributed by atoms with Gasteiger partial charge in [0.2, 0.25) is 0 Å². The zero-order valence-electron chi connectivity index (χ0n) is 84.5. The third kappa shape index (κ3) is 11.4. The highest BCUT2D eigenvalue weighted by Crippen LogP contribution is 2.56. The molecule has 6 nitrogen and oxygen atoms in total. The molecule has 15 aromatic rings. The van der Waals surface area contributed by atoms with Crippen molar-refractivity contribution >= 4 is 107 Å². The molecule has 0 saturated heterocycles. The summed E-state index contributed by atoms with van der Waals surface area (Å²) in [5.74, 6) is 0. The van der Waals surface area contributed by atoms with Crippen molar-refractivity contribution < 1.29 is 30.2 Å². The van der Waals surface area contributed by atoms with Crippen LogP contribution >= 0.6 is 0 Å². The van der Waals surface area contributed by atoms with Crippen LogP contribution < -0.4 is 26.2 Å². The lowest BCUT2D eigenvalue weighted by molar-refractivity contribution is 0.590. The highest BCUT2D eigenvalue weighted by Gasteiger charge is 2.47. The van der Waals surface area contributed by atoms with Crippen LogP contribution in [0.25, 0.3) is 104 Å². The van der Waals surface area contributed by atoms with E-state index in [1.54, 1.807) is 34.1 Å². The van der Waals surface area contributed by atoms with Gasteiger partial charge in [-0.2, -0.15) is 5.26 Å². The van der Waals surface area contributed by atoms with E-state index in [2.05, 4.69) is 94.0 Å². The van der Waals surface area contributed by atoms with Crippen LogP contribution in [0, 0.1) is 17.9 Å². The molecule has 2 aromatic heterocycles. The van der Waals surface area contributed by atoms with Gasteiger partial charge >= 0.3 is 0 Å². The third-order valence-electron chi connectivity index (χ3n) is 21.0. The molecule has 0 saturated carbocycles. The number of hydrogen-bond donors (Lipinski definition) is 0. The summed E-state index contributed by atoms with van der Waals surface area (Å²) in [6.07, 6.45) is 0. The number of nitrogens with zero attached hydrogens (tertiary/aromatic N) is 6. The number of anilines is 6. The molecule has 0 unspecified atom stereocenters. The summed E-state index contributed by atoms with van der Waals surface area (Å²) in [6, 6.07) is 27.7. The Morgan fingerprint density at radius 1 is 0.364 bits per heavy atom. The van der Waals surface area contributed by atoms with Crippen molar-refractivity contribution in [3.63, 3.8) is 0 Å². The standard InChI is InChI=1S/C100H89BN6/c1-96(2,3)67-33-25-29-63(51-67)79-49-62(61-102)50-80(64-30-26-34-68(52-64)97(4,5)6)94(79)106-89-59-73(104-85-41-21-17-37-75(85)76-38-18-22-42-86(76)104)45-47-83(89)101-84-48-46-74(105-87-43-23-19-39-77(87)78-40-20-24-44-88(78)105)60-90(84)107(92-56-71(100(13,14)15)55-91(106)93(92)101)95-81(65-31-27-35-69(53-65)98(7,8)9)57-72(103-16)58-82(95)66-32-28-36-70(54-66)99(10,11)12/h17-60H,1-15H3/i17D,18D,19D,20D,21D,22D,23D,24D,37D,38D,39D,40D,41D,42D,43D,44D,45D,46D,47D,48D,59D,60D. The van der Waals surface area contributed by atoms with Crippen LogP contribution in [0.3, 0.4) is 0 Å². The normalized spacial score (nSPS) is 16.0. The number of para-hydroxylation sites is 4. The van der Waals surface area contributed by atoms with E-state index in [1.165, 1.54) is 0 Å². The Labute approximate surface area is 662 Å². The Balaban J connectivity index is 1.19. The minimum absolute atomic E-state index is 0.164. The lowest BCUT2D eigenvalue weighted by atomic mass is 9.33. The Hall–Kier alpha value is -11.9. The molecule has 17 rings (SSSR count). The first kappa shape index (κ1) is 47.5. The van der Waals surface area contributed by atoms with E-state index in [4.69, 9.17) is 12.1 Å². The Kier molecular flexibility index (Phi) is 11.0. The van der Waals surface area contributed by atoms with Gasteiger partial charge in [-0.1, -0.05) is 286 Å². The van der Waals surface area contributed by atoms with Crippen LogP contribution in [0.2, 0.25) is 0 Å². The molecule has 0 bridgehead atoms. The maximum Gasteiger partial charge on any atom is 0.252 e. The van der Waals surface area contributed by atoms with Crippen LogP contribution in [0.15, 0.2) is 266 Å². The van der Waals surface area contributed by atoms with Gasteiger partial charge in [0.15, 0.2) is 5.69 Å². The van der Waals surface area contributed by atoms with Gasteiger partial charge in [0.1, 0.15) is 0 Å². The predicted octanol–water partition coefficient (Wildman–Crippen LogP) is 25.5. The number of rotatable bonds is 8. The topological polar surface area (TPSA) is 44.5 Å². The number of hydrogen-bond acceptors (Lipinski definition) is 3. The Morgan fingerprint density at radius 2 is 0.673 bits per heavy atom. The van der Waals surface area contributed by atoms with Crippen LogP contribution in [0.4, 0.5) is 39.8 Å². The van der Waals surface area contributed by atoms with E-state index in [1.807, 2.05) is 130 Å². The molecule has 0 atom stereocenters. The van der Waals surface area contributed by atoms with Gasteiger partial charge in [-0.25, -0.2) is 4.85 Å². The quantitative estimate of drug-likeness (QED) is 0.112. The first-order chi connectivity index (χ1) is 60.3. The van der Waals surface area contributed by atoms with Crippen molar-refractivity contribution in [1.29, 1.82) is 5.26 Å². The van der Waals surface area contributed by atoms with Crippen molar-refractivity contribution in [2.24, 2.45) is 0 Å². The zero-order valence-corrected chi connectivity index (χ0v) is 62.5. The van der Waals surface area contributed by atoms with Gasteiger partial charge in [-0.05, 0) is 189 Å². The SMILES string of the molecule is [2H]c1c([2H])c(-n2c3c([2H])c([2H])c([2H])c([2H])c3c3c([2H])c([2H])c([2H])c([2H])c32)c([2H])c2c1B1c3c(cc(C(C)(C)C)cc3N(c3c(-c4cccc(C(C)(C)C)c4)cc([N+]#[C-])cc3-c3cccc(C(C)(C)C)c3)c3c([2H])c(-n4c5c([2H])c([2H])c([2H])c([2H])c5c5c([2H])c([2H])c([2H])c([2H])c54)c([2H])c([2H])c31)N2c1c(-c2cccc(C(C)(C)C)c2)cc(C#N)cc1-c1cccc(C(C)(C)C)c1. The number of nitriles is 1. The van der Waals surface area contributed by atoms with Crippen molar-refractivity contribution in [2.75, 3.05) is 9.80 Å². The minimum atomic E-state index is -1.76. The highest BCUT2D eigenvalue weighted by atomic mass is 15.2. The molecule has 0 fully saturated rings. The molecule has 0 N–H and O–H groups in total. The van der Waals surface area contributed by atoms with Crippen molar-refractivity contribution in [2.45, 2.75) is 131 Å². The second-order valence-corrected chi connectivity index (χ2v) is 33.2. The first-order valence-electron chi connectivity index (χ1n) is 47.0. The molecule has 0 radical (unpaired) electrons. The van der Waals surface area contributed by atoms with Gasteiger partial charge in [0.25, 0.3) is 6.71 Å². The van der Waals surface area contributed by atoms with Crippen LogP contribution in [0.1, 0.15) is 167 Å². The molecule has 0 spiro atoms. The summed E-state index contributed by atoms with van der Waals surface area (Å²) < 4.78 is 224. The van der Waals surface area contributed by atoms with E-state index in [0.717, 1.165) is 31.4 Å². The summed E-state index contributed by atoms with van der Waals surface area (Å²) in [5.41, 5.74) is 1.91. The second-order valence-electron chi connectivity index (χ2n) is 33.2. The number of aromatic nitrogens is 2. The van der Waals surface area contributed by atoms with Gasteiger partial charge in [0, 0.05) is 66.8 Å². The summed E-state index contributed by atoms with van der Waals surface area (Å²) in [7, 11) is 0. The van der Waals surface area contributed by atoms with Crippen LogP contribution in [-0.2, 0) is 27.1 Å². The molecule has 2 aliphatic rings. The van der Waals surface area contributed by atoms with Crippen molar-refractivity contribution in [3.8, 4) is 62.0 Å². The molecule has 107 heavy (non-hydrogen) atoms. The largest absolute Gasteiger partial charge is 0.310 e. The average molecular weight is 1410 g/mol. The maximum atomic E-state index is 11.9. The molecular weight excluding hydrogens is 1300 g/mol. The van der Waals surface area contributed by atoms with E-state index >= 15 is 0 Å². The molecule has 0 aliphatic carbocycles. The molecule has 522 valence electrons. The number of benzene rings is 13. The lowest BCUT2D eigenvalue weighted by Crippen LogP contribution is -2.61. The van der Waals surface area contributed by atoms with Gasteiger partial charge in [-0.15, -0.1) is 0 Å². The van der Waals surface area contributed by atoms with Gasteiger partial charge in [0.05, 0.1) is 81.8 Å². The Morgan fingerprint density at radius 3 is 0.972 bits per heavy atom. The van der Waals surface area contributed by atoms with Crippen LogP contribution in [0.5, 0.6) is 0 Å². The summed E-state index contributed by atoms with van der Waals surface area (Å²) >= 11 is 0. The van der Waals surface area contributed by atoms with Gasteiger partial charge in [-0.3, -0.25) is 0 Å². The summed E-state index contributed by atoms with van der Waals surface area (Å²) in [5, 5.41) is 10.2. The van der Waals surface area contributed by atoms with Crippen molar-refractivity contribution in [1.82, 2.24) is 9.13 Å². The monoisotopic (exact) mass is 1410 g/mol. The molecule has 0 amide bonds. The third-order valence-corrected chi connectivity index (χ3v) is 21.0. The minimum Gasteiger partial charge on any atom is -0.310 e. The lowest BCUT2D eigenvalue weighted by Gasteiger charge is -2.46. The average Bonchev–Trinajstić information content (AvgIpc) is 1.49. The number of fused-ring (bicyclic) bond motifs is 10. The first-order valence-corrected chi connectivity index (χ1v) is 36.0. The zero-order chi connectivity index (χ0) is 93.7. The van der Waals surface area contributed by atoms with E-state index in [0.29, 0.717) is 50.1 Å². The van der Waals surface area contributed by atoms with E-state index in [9.17, 15) is 29.9 Å². The van der Waals surface area contributed by atoms with Crippen molar-refractivity contribution in [3.05, 3.63) is 311 Å². The van der Waals surface area contributed by atoms with Gasteiger partial charge < -0.3 is 18.9 Å². The summed E-state index contributed by atoms with van der Waals surface area (Å²) in [4.78, 5) is 7.82. The fourth-order valence-corrected chi connectivity index (χ4v) is 15.3. The van der Waals surface area contributed by atoms with Crippen LogP contribution in [-0.4, -0.2) is 15.8 Å². The van der Waals surface area contributed by atoms with E-state index in [-0.39, 0.29) is 61.8 Å². The highest BCUT2D eigenvalue weighted by molar-refractivity contribution is 7.00. The van der Waals surface area contributed by atoms with E-state index < -0.39 is 222 Å². The molecule has 4 heterocycles. The molecule has 2 aliphatic heterocycles. The smallest absolute Gasteiger partial charge is 0.252 e. The molecule has 13 aromatic carbocycles. The molecular formula is C100H89BN6. The summed E-state index contributed by atoms with van der Waals surface area (Å²) in [6.45, 7) is 38.0. The fraction of sp³-hybridized carbons (Fsp3) is 0.200. The molecule has 7 heteroatoms. The predicted molar refractivity (Wildman–Crippen MR) is 455 cm³/mol. The maximum absolute atomic E-state index is 11.9. The second kappa shape index (κ2) is 24.9.